The normalized spacial score (nSPS) is 12.5. The van der Waals surface area contributed by atoms with Crippen LogP contribution in [0.2, 0.25) is 0 Å². The Morgan fingerprint density at radius 1 is 1.57 bits per heavy atom. The molecule has 1 nitrogen and oxygen atoms in total. The van der Waals surface area contributed by atoms with Crippen molar-refractivity contribution < 1.29 is 4.39 Å². The molecule has 1 N–H and O–H groups in total. The molecule has 76 valence electrons. The number of benzene rings is 1. The monoisotopic (exact) mass is 193 g/mol. The first-order valence-corrected chi connectivity index (χ1v) is 4.74. The molecule has 0 saturated carbocycles. The van der Waals surface area contributed by atoms with E-state index in [1.54, 1.807) is 12.1 Å². The van der Waals surface area contributed by atoms with Gasteiger partial charge in [-0.1, -0.05) is 23.8 Å². The van der Waals surface area contributed by atoms with Crippen LogP contribution in [0.1, 0.15) is 18.1 Å². The minimum atomic E-state index is -0.153. The Kier molecular flexibility index (Phi) is 3.84. The third-order valence-corrected chi connectivity index (χ3v) is 2.17. The van der Waals surface area contributed by atoms with Crippen LogP contribution in [0.5, 0.6) is 0 Å². The number of aryl methyl sites for hydroxylation is 1. The second-order valence-corrected chi connectivity index (χ2v) is 3.50. The minimum Gasteiger partial charge on any atom is -0.307 e. The van der Waals surface area contributed by atoms with Crippen molar-refractivity contribution in [1.82, 2.24) is 5.32 Å². The summed E-state index contributed by atoms with van der Waals surface area (Å²) >= 11 is 0. The average Bonchev–Trinajstić information content (AvgIpc) is 2.19. The van der Waals surface area contributed by atoms with Crippen LogP contribution in [-0.4, -0.2) is 6.04 Å². The number of rotatable bonds is 4. The van der Waals surface area contributed by atoms with E-state index in [0.717, 1.165) is 5.56 Å². The fourth-order valence-electron chi connectivity index (χ4n) is 1.19. The molecule has 0 bridgehead atoms. The van der Waals surface area contributed by atoms with Gasteiger partial charge in [-0.25, -0.2) is 4.39 Å². The second kappa shape index (κ2) is 4.91. The predicted molar refractivity (Wildman–Crippen MR) is 57.6 cm³/mol. The zero-order valence-electron chi connectivity index (χ0n) is 8.68. The maximum Gasteiger partial charge on any atom is 0.127 e. The molecule has 1 aromatic carbocycles. The van der Waals surface area contributed by atoms with Crippen LogP contribution < -0.4 is 5.32 Å². The van der Waals surface area contributed by atoms with E-state index in [1.807, 2.05) is 19.9 Å². The molecule has 1 rings (SSSR count). The van der Waals surface area contributed by atoms with Gasteiger partial charge in [-0.05, 0) is 19.9 Å². The third-order valence-electron chi connectivity index (χ3n) is 2.17. The highest BCUT2D eigenvalue weighted by Gasteiger charge is 2.02. The molecular weight excluding hydrogens is 177 g/mol. The van der Waals surface area contributed by atoms with Gasteiger partial charge in [0.25, 0.3) is 0 Å². The molecule has 0 fully saturated rings. The zero-order valence-corrected chi connectivity index (χ0v) is 8.68. The van der Waals surface area contributed by atoms with Crippen molar-refractivity contribution in [1.29, 1.82) is 0 Å². The van der Waals surface area contributed by atoms with E-state index in [1.165, 1.54) is 6.07 Å². The summed E-state index contributed by atoms with van der Waals surface area (Å²) in [5.74, 6) is -0.153. The maximum absolute atomic E-state index is 13.3. The summed E-state index contributed by atoms with van der Waals surface area (Å²) in [5.41, 5.74) is 1.79. The lowest BCUT2D eigenvalue weighted by molar-refractivity contribution is 0.573. The van der Waals surface area contributed by atoms with Crippen LogP contribution in [0.15, 0.2) is 30.9 Å². The first kappa shape index (κ1) is 10.9. The van der Waals surface area contributed by atoms with E-state index < -0.39 is 0 Å². The fraction of sp³-hybridized carbons (Fsp3) is 0.333. The first-order valence-electron chi connectivity index (χ1n) is 4.74. The molecular formula is C12H16FN. The number of halogens is 1. The lowest BCUT2D eigenvalue weighted by Crippen LogP contribution is -2.23. The van der Waals surface area contributed by atoms with Gasteiger partial charge in [0.2, 0.25) is 0 Å². The largest absolute Gasteiger partial charge is 0.307 e. The summed E-state index contributed by atoms with van der Waals surface area (Å²) in [6.07, 6.45) is 1.80. The number of nitrogens with one attached hydrogen (secondary N) is 1. The van der Waals surface area contributed by atoms with Gasteiger partial charge in [0.05, 0.1) is 0 Å². The summed E-state index contributed by atoms with van der Waals surface area (Å²) in [5, 5.41) is 3.16. The zero-order chi connectivity index (χ0) is 10.6. The van der Waals surface area contributed by atoms with Crippen LogP contribution in [-0.2, 0) is 6.54 Å². The van der Waals surface area contributed by atoms with Crippen LogP contribution in [0, 0.1) is 12.7 Å². The lowest BCUT2D eigenvalue weighted by Gasteiger charge is -2.10. The Labute approximate surface area is 84.6 Å². The molecule has 14 heavy (non-hydrogen) atoms. The van der Waals surface area contributed by atoms with E-state index in [9.17, 15) is 4.39 Å². The van der Waals surface area contributed by atoms with Crippen LogP contribution in [0.25, 0.3) is 0 Å². The minimum absolute atomic E-state index is 0.153. The predicted octanol–water partition coefficient (Wildman–Crippen LogP) is 2.80. The molecule has 1 unspecified atom stereocenters. The lowest BCUT2D eigenvalue weighted by atomic mass is 10.1. The van der Waals surface area contributed by atoms with Crippen molar-refractivity contribution in [2.75, 3.05) is 0 Å². The van der Waals surface area contributed by atoms with Crippen molar-refractivity contribution >= 4 is 0 Å². The van der Waals surface area contributed by atoms with E-state index in [2.05, 4.69) is 11.9 Å². The van der Waals surface area contributed by atoms with Gasteiger partial charge in [0, 0.05) is 18.2 Å². The fourth-order valence-corrected chi connectivity index (χ4v) is 1.19. The van der Waals surface area contributed by atoms with E-state index >= 15 is 0 Å². The Morgan fingerprint density at radius 3 is 2.93 bits per heavy atom. The topological polar surface area (TPSA) is 12.0 Å². The highest BCUT2D eigenvalue weighted by Crippen LogP contribution is 2.09. The maximum atomic E-state index is 13.3. The first-order chi connectivity index (χ1) is 6.63. The summed E-state index contributed by atoms with van der Waals surface area (Å²) in [7, 11) is 0. The molecule has 0 heterocycles. The van der Waals surface area contributed by atoms with Gasteiger partial charge in [-0.3, -0.25) is 0 Å². The van der Waals surface area contributed by atoms with Crippen molar-refractivity contribution in [2.24, 2.45) is 0 Å². The Balaban J connectivity index is 2.66. The highest BCUT2D eigenvalue weighted by molar-refractivity contribution is 5.24. The Bertz CT molecular complexity index is 320. The summed E-state index contributed by atoms with van der Waals surface area (Å²) in [6.45, 7) is 8.14. The van der Waals surface area contributed by atoms with Crippen LogP contribution in [0.4, 0.5) is 4.39 Å². The molecule has 1 atom stereocenters. The number of hydrogen-bond donors (Lipinski definition) is 1. The van der Waals surface area contributed by atoms with Crippen LogP contribution >= 0.6 is 0 Å². The molecule has 0 spiro atoms. The molecule has 0 aliphatic heterocycles. The summed E-state index contributed by atoms with van der Waals surface area (Å²) in [6, 6.07) is 5.34. The molecule has 2 heteroatoms. The van der Waals surface area contributed by atoms with E-state index in [-0.39, 0.29) is 11.9 Å². The quantitative estimate of drug-likeness (QED) is 0.725. The second-order valence-electron chi connectivity index (χ2n) is 3.50. The third kappa shape index (κ3) is 2.96. The van der Waals surface area contributed by atoms with Gasteiger partial charge in [-0.2, -0.15) is 0 Å². The van der Waals surface area contributed by atoms with Gasteiger partial charge >= 0.3 is 0 Å². The molecule has 0 aromatic heterocycles. The van der Waals surface area contributed by atoms with Crippen molar-refractivity contribution in [3.05, 3.63) is 47.8 Å². The molecule has 0 aliphatic rings. The van der Waals surface area contributed by atoms with Crippen molar-refractivity contribution in [3.63, 3.8) is 0 Å². The molecule has 1 aromatic rings. The summed E-state index contributed by atoms with van der Waals surface area (Å²) in [4.78, 5) is 0. The smallest absolute Gasteiger partial charge is 0.127 e. The molecule has 0 saturated heterocycles. The summed E-state index contributed by atoms with van der Waals surface area (Å²) < 4.78 is 13.3. The van der Waals surface area contributed by atoms with Gasteiger partial charge in [0.1, 0.15) is 5.82 Å². The van der Waals surface area contributed by atoms with Gasteiger partial charge in [-0.15, -0.1) is 6.58 Å². The SMILES string of the molecule is C=CC(C)NCc1cc(C)ccc1F. The average molecular weight is 193 g/mol. The number of hydrogen-bond acceptors (Lipinski definition) is 1. The molecule has 0 radical (unpaired) electrons. The molecule has 0 amide bonds. The highest BCUT2D eigenvalue weighted by atomic mass is 19.1. The van der Waals surface area contributed by atoms with E-state index in [0.29, 0.717) is 12.1 Å². The Morgan fingerprint density at radius 2 is 2.29 bits per heavy atom. The molecule has 0 aliphatic carbocycles. The van der Waals surface area contributed by atoms with Crippen molar-refractivity contribution in [2.45, 2.75) is 26.4 Å². The Hall–Kier alpha value is -1.15. The van der Waals surface area contributed by atoms with Crippen LogP contribution in [0.3, 0.4) is 0 Å². The standard InChI is InChI=1S/C12H16FN/c1-4-10(3)14-8-11-7-9(2)5-6-12(11)13/h4-7,10,14H,1,8H2,2-3H3. The van der Waals surface area contributed by atoms with E-state index in [4.69, 9.17) is 0 Å². The van der Waals surface area contributed by atoms with Gasteiger partial charge < -0.3 is 5.32 Å². The van der Waals surface area contributed by atoms with Crippen molar-refractivity contribution in [3.8, 4) is 0 Å². The van der Waals surface area contributed by atoms with Gasteiger partial charge in [0.15, 0.2) is 0 Å².